The molecule has 2 aliphatic rings. The number of fused-ring (bicyclic) bond motifs is 2. The molecule has 2 N–H and O–H groups in total. The molecule has 2 saturated heterocycles. The minimum atomic E-state index is -4.26. The quantitative estimate of drug-likeness (QED) is 0.849. The first kappa shape index (κ1) is 12.8. The second kappa shape index (κ2) is 4.40. The molecule has 0 spiro atoms. The van der Waals surface area contributed by atoms with Crippen LogP contribution in [-0.4, -0.2) is 18.1 Å². The van der Waals surface area contributed by atoms with Crippen LogP contribution in [0.5, 0.6) is 0 Å². The van der Waals surface area contributed by atoms with Crippen LogP contribution in [0.25, 0.3) is 0 Å². The van der Waals surface area contributed by atoms with Gasteiger partial charge in [-0.25, -0.2) is 0 Å². The molecule has 0 aliphatic carbocycles. The van der Waals surface area contributed by atoms with E-state index >= 15 is 0 Å². The van der Waals surface area contributed by atoms with Gasteiger partial charge in [0, 0.05) is 23.8 Å². The Bertz CT molecular complexity index is 441. The summed E-state index contributed by atoms with van der Waals surface area (Å²) >= 11 is 0. The van der Waals surface area contributed by atoms with Gasteiger partial charge in [0.05, 0.1) is 5.56 Å². The molecule has 2 heterocycles. The van der Waals surface area contributed by atoms with Crippen LogP contribution in [-0.2, 0) is 6.18 Å². The van der Waals surface area contributed by atoms with E-state index in [9.17, 15) is 13.2 Å². The van der Waals surface area contributed by atoms with Gasteiger partial charge in [-0.1, -0.05) is 0 Å². The molecule has 0 aromatic heterocycles. The van der Waals surface area contributed by atoms with Crippen LogP contribution >= 0.6 is 0 Å². The molecule has 2 fully saturated rings. The fourth-order valence-electron chi connectivity index (χ4n) is 3.46. The summed E-state index contributed by atoms with van der Waals surface area (Å²) in [6.45, 7) is 0. The van der Waals surface area contributed by atoms with Gasteiger partial charge in [0.2, 0.25) is 0 Å². The van der Waals surface area contributed by atoms with E-state index in [1.165, 1.54) is 12.1 Å². The van der Waals surface area contributed by atoms with Crippen LogP contribution in [0.2, 0.25) is 0 Å². The van der Waals surface area contributed by atoms with Gasteiger partial charge in [-0.15, -0.1) is 0 Å². The Kier molecular flexibility index (Phi) is 2.96. The lowest BCUT2D eigenvalue weighted by atomic mass is 9.97. The van der Waals surface area contributed by atoms with Crippen LogP contribution in [0.4, 0.5) is 18.9 Å². The minimum Gasteiger partial charge on any atom is -0.365 e. The number of rotatable bonds is 1. The summed E-state index contributed by atoms with van der Waals surface area (Å²) in [5.74, 6) is 0. The Morgan fingerprint density at radius 1 is 1.00 bits per heavy atom. The van der Waals surface area contributed by atoms with Crippen LogP contribution in [0.1, 0.15) is 31.2 Å². The minimum absolute atomic E-state index is 0.239. The topological polar surface area (TPSA) is 29.3 Å². The number of alkyl halides is 3. The Balaban J connectivity index is 1.84. The Labute approximate surface area is 110 Å². The number of nitrogens with zero attached hydrogens (tertiary/aromatic N) is 1. The molecule has 5 heteroatoms. The molecule has 0 amide bonds. The normalized spacial score (nSPS) is 30.7. The maximum absolute atomic E-state index is 12.5. The molecule has 2 nitrogen and oxygen atoms in total. The number of benzene rings is 1. The van der Waals surface area contributed by atoms with Crippen molar-refractivity contribution < 1.29 is 13.2 Å². The second-order valence-electron chi connectivity index (χ2n) is 5.57. The molecule has 3 rings (SSSR count). The molecule has 1 aromatic carbocycles. The zero-order chi connectivity index (χ0) is 13.6. The summed E-state index contributed by atoms with van der Waals surface area (Å²) < 4.78 is 37.6. The van der Waals surface area contributed by atoms with Crippen molar-refractivity contribution in [1.29, 1.82) is 0 Å². The fourth-order valence-corrected chi connectivity index (χ4v) is 3.46. The van der Waals surface area contributed by atoms with Crippen molar-refractivity contribution in [2.75, 3.05) is 4.90 Å². The number of piperidine rings is 1. The van der Waals surface area contributed by atoms with E-state index in [2.05, 4.69) is 4.90 Å². The van der Waals surface area contributed by atoms with Crippen molar-refractivity contribution in [3.63, 3.8) is 0 Å². The van der Waals surface area contributed by atoms with Crippen molar-refractivity contribution in [2.45, 2.75) is 50.0 Å². The summed E-state index contributed by atoms with van der Waals surface area (Å²) in [5.41, 5.74) is 6.31. The average molecular weight is 270 g/mol. The zero-order valence-corrected chi connectivity index (χ0v) is 10.5. The predicted octanol–water partition coefficient (Wildman–Crippen LogP) is 3.16. The SMILES string of the molecule is NC1CC2CCC(C1)N2c1ccc(C(F)(F)F)cc1. The predicted molar refractivity (Wildman–Crippen MR) is 67.9 cm³/mol. The lowest BCUT2D eigenvalue weighted by Crippen LogP contribution is -2.47. The van der Waals surface area contributed by atoms with E-state index in [0.717, 1.165) is 31.4 Å². The van der Waals surface area contributed by atoms with Gasteiger partial charge in [0.25, 0.3) is 0 Å². The molecular weight excluding hydrogens is 253 g/mol. The van der Waals surface area contributed by atoms with Crippen molar-refractivity contribution in [3.8, 4) is 0 Å². The summed E-state index contributed by atoms with van der Waals surface area (Å²) in [7, 11) is 0. The van der Waals surface area contributed by atoms with Crippen molar-refractivity contribution in [2.24, 2.45) is 5.73 Å². The van der Waals surface area contributed by atoms with Gasteiger partial charge in [0.1, 0.15) is 0 Å². The number of anilines is 1. The summed E-state index contributed by atoms with van der Waals surface area (Å²) in [6.07, 6.45) is -0.185. The first-order valence-corrected chi connectivity index (χ1v) is 6.66. The standard InChI is InChI=1S/C14H17F3N2/c15-14(16,17)9-1-3-11(4-2-9)19-12-5-6-13(19)8-10(18)7-12/h1-4,10,12-13H,5-8,18H2. The molecule has 2 bridgehead atoms. The lowest BCUT2D eigenvalue weighted by molar-refractivity contribution is -0.137. The lowest BCUT2D eigenvalue weighted by Gasteiger charge is -2.39. The van der Waals surface area contributed by atoms with Gasteiger partial charge in [-0.05, 0) is 49.9 Å². The van der Waals surface area contributed by atoms with E-state index in [4.69, 9.17) is 5.73 Å². The number of nitrogens with two attached hydrogens (primary N) is 1. The summed E-state index contributed by atoms with van der Waals surface area (Å²) in [4.78, 5) is 2.27. The molecule has 2 aliphatic heterocycles. The summed E-state index contributed by atoms with van der Waals surface area (Å²) in [6, 6.07) is 6.54. The maximum atomic E-state index is 12.5. The van der Waals surface area contributed by atoms with Gasteiger partial charge in [-0.3, -0.25) is 0 Å². The smallest absolute Gasteiger partial charge is 0.365 e. The van der Waals surface area contributed by atoms with E-state index in [1.807, 2.05) is 0 Å². The highest BCUT2D eigenvalue weighted by atomic mass is 19.4. The number of halogens is 3. The third-order valence-electron chi connectivity index (χ3n) is 4.26. The monoisotopic (exact) mass is 270 g/mol. The first-order chi connectivity index (χ1) is 8.95. The highest BCUT2D eigenvalue weighted by Crippen LogP contribution is 2.39. The number of hydrogen-bond acceptors (Lipinski definition) is 2. The first-order valence-electron chi connectivity index (χ1n) is 6.66. The Morgan fingerprint density at radius 2 is 1.53 bits per heavy atom. The Hall–Kier alpha value is -1.23. The molecule has 2 unspecified atom stereocenters. The molecule has 19 heavy (non-hydrogen) atoms. The highest BCUT2D eigenvalue weighted by molar-refractivity contribution is 5.51. The third kappa shape index (κ3) is 2.31. The largest absolute Gasteiger partial charge is 0.416 e. The van der Waals surface area contributed by atoms with E-state index in [-0.39, 0.29) is 6.04 Å². The highest BCUT2D eigenvalue weighted by Gasteiger charge is 2.40. The van der Waals surface area contributed by atoms with Crippen LogP contribution in [0, 0.1) is 0 Å². The fraction of sp³-hybridized carbons (Fsp3) is 0.571. The van der Waals surface area contributed by atoms with Crippen LogP contribution in [0.3, 0.4) is 0 Å². The van der Waals surface area contributed by atoms with E-state index in [0.29, 0.717) is 12.1 Å². The molecule has 2 atom stereocenters. The average Bonchev–Trinajstić information content (AvgIpc) is 2.61. The van der Waals surface area contributed by atoms with Gasteiger partial charge >= 0.3 is 6.18 Å². The summed E-state index contributed by atoms with van der Waals surface area (Å²) in [5, 5.41) is 0. The zero-order valence-electron chi connectivity index (χ0n) is 10.5. The van der Waals surface area contributed by atoms with Crippen LogP contribution in [0.15, 0.2) is 24.3 Å². The molecule has 104 valence electrons. The van der Waals surface area contributed by atoms with Crippen molar-refractivity contribution in [1.82, 2.24) is 0 Å². The molecule has 0 saturated carbocycles. The van der Waals surface area contributed by atoms with Crippen LogP contribution < -0.4 is 10.6 Å². The maximum Gasteiger partial charge on any atom is 0.416 e. The van der Waals surface area contributed by atoms with Gasteiger partial charge < -0.3 is 10.6 Å². The molecule has 0 radical (unpaired) electrons. The van der Waals surface area contributed by atoms with E-state index in [1.54, 1.807) is 12.1 Å². The number of hydrogen-bond donors (Lipinski definition) is 1. The second-order valence-corrected chi connectivity index (χ2v) is 5.57. The Morgan fingerprint density at radius 3 is 2.00 bits per heavy atom. The molecule has 1 aromatic rings. The third-order valence-corrected chi connectivity index (χ3v) is 4.26. The van der Waals surface area contributed by atoms with Gasteiger partial charge in [0.15, 0.2) is 0 Å². The van der Waals surface area contributed by atoms with E-state index < -0.39 is 11.7 Å². The van der Waals surface area contributed by atoms with Crippen molar-refractivity contribution in [3.05, 3.63) is 29.8 Å². The molecular formula is C14H17F3N2. The van der Waals surface area contributed by atoms with Crippen molar-refractivity contribution >= 4 is 5.69 Å². The van der Waals surface area contributed by atoms with Gasteiger partial charge in [-0.2, -0.15) is 13.2 Å².